The van der Waals surface area contributed by atoms with Gasteiger partial charge in [0.1, 0.15) is 12.4 Å². The molecule has 1 amide bonds. The van der Waals surface area contributed by atoms with Crippen LogP contribution in [0.15, 0.2) is 48.9 Å². The maximum atomic E-state index is 11.8. The van der Waals surface area contributed by atoms with Crippen molar-refractivity contribution in [2.75, 3.05) is 5.32 Å². The molecule has 21 heavy (non-hydrogen) atoms. The van der Waals surface area contributed by atoms with E-state index in [9.17, 15) is 4.79 Å². The van der Waals surface area contributed by atoms with Crippen LogP contribution in [-0.4, -0.2) is 10.9 Å². The summed E-state index contributed by atoms with van der Waals surface area (Å²) >= 11 is 0. The molecule has 0 saturated heterocycles. The molecule has 2 heterocycles. The van der Waals surface area contributed by atoms with E-state index in [0.717, 1.165) is 24.9 Å². The van der Waals surface area contributed by atoms with Crippen LogP contribution in [0.2, 0.25) is 0 Å². The highest BCUT2D eigenvalue weighted by Gasteiger charge is 2.04. The predicted octanol–water partition coefficient (Wildman–Crippen LogP) is -0.509. The molecule has 2 rings (SSSR count). The molecule has 5 heteroatoms. The van der Waals surface area contributed by atoms with Crippen LogP contribution in [-0.2, 0) is 11.3 Å². The molecule has 1 N–H and O–H groups in total. The Morgan fingerprint density at radius 3 is 2.62 bits per heavy atom. The zero-order chi connectivity index (χ0) is 14.2. The fraction of sp³-hybridized carbons (Fsp3) is 0.312. The standard InChI is InChI=1S/C16H19N3O.BrH/c1-14-8-9-15(17-13-14)18-16(20)7-3-6-12-19-10-4-2-5-11-19;/h2,4-5,8-11,13H,3,6-7,12H2,1H3;1H. The lowest BCUT2D eigenvalue weighted by molar-refractivity contribution is -0.697. The number of halogens is 1. The van der Waals surface area contributed by atoms with Gasteiger partial charge in [-0.1, -0.05) is 12.1 Å². The van der Waals surface area contributed by atoms with Crippen molar-refractivity contribution in [3.63, 3.8) is 0 Å². The Kier molecular flexibility index (Phi) is 7.61. The average Bonchev–Trinajstić information content (AvgIpc) is 2.47. The van der Waals surface area contributed by atoms with E-state index in [0.29, 0.717) is 12.2 Å². The number of carbonyl (C=O) groups excluding carboxylic acids is 1. The van der Waals surface area contributed by atoms with Gasteiger partial charge in [-0.3, -0.25) is 4.79 Å². The van der Waals surface area contributed by atoms with Gasteiger partial charge < -0.3 is 22.3 Å². The molecule has 0 unspecified atom stereocenters. The van der Waals surface area contributed by atoms with E-state index < -0.39 is 0 Å². The average molecular weight is 350 g/mol. The number of pyridine rings is 2. The van der Waals surface area contributed by atoms with Gasteiger partial charge in [-0.25, -0.2) is 9.55 Å². The third-order valence-electron chi connectivity index (χ3n) is 3.03. The molecule has 0 aliphatic heterocycles. The Hall–Kier alpha value is -1.75. The highest BCUT2D eigenvalue weighted by atomic mass is 79.9. The first-order valence-corrected chi connectivity index (χ1v) is 6.90. The molecule has 112 valence electrons. The van der Waals surface area contributed by atoms with Gasteiger partial charge in [-0.05, 0) is 25.0 Å². The van der Waals surface area contributed by atoms with Crippen LogP contribution in [0.3, 0.4) is 0 Å². The summed E-state index contributed by atoms with van der Waals surface area (Å²) in [7, 11) is 0. The summed E-state index contributed by atoms with van der Waals surface area (Å²) in [6, 6.07) is 9.78. The van der Waals surface area contributed by atoms with Gasteiger partial charge in [0.05, 0.1) is 0 Å². The van der Waals surface area contributed by atoms with Gasteiger partial charge in [0.25, 0.3) is 0 Å². The van der Waals surface area contributed by atoms with Crippen molar-refractivity contribution in [3.05, 3.63) is 54.5 Å². The van der Waals surface area contributed by atoms with E-state index in [1.165, 1.54) is 0 Å². The minimum atomic E-state index is 0. The van der Waals surface area contributed by atoms with Crippen LogP contribution in [0.4, 0.5) is 5.82 Å². The number of nitrogens with one attached hydrogen (secondary N) is 1. The number of anilines is 1. The SMILES string of the molecule is Cc1ccc(NC(=O)CCCC[n+]2ccccc2)nc1.[Br-]. The molecule has 0 fully saturated rings. The molecule has 0 aliphatic carbocycles. The summed E-state index contributed by atoms with van der Waals surface area (Å²) in [5, 5.41) is 2.81. The molecule has 0 aromatic carbocycles. The molecule has 4 nitrogen and oxygen atoms in total. The van der Waals surface area contributed by atoms with Crippen molar-refractivity contribution in [3.8, 4) is 0 Å². The second-order valence-corrected chi connectivity index (χ2v) is 4.84. The number of aromatic nitrogens is 2. The summed E-state index contributed by atoms with van der Waals surface area (Å²) in [4.78, 5) is 15.9. The quantitative estimate of drug-likeness (QED) is 0.564. The van der Waals surface area contributed by atoms with Crippen LogP contribution in [0.5, 0.6) is 0 Å². The molecule has 0 saturated carbocycles. The molecule has 0 atom stereocenters. The topological polar surface area (TPSA) is 45.9 Å². The Balaban J connectivity index is 0.00000220. The zero-order valence-electron chi connectivity index (χ0n) is 12.1. The van der Waals surface area contributed by atoms with Crippen LogP contribution in [0, 0.1) is 6.92 Å². The third kappa shape index (κ3) is 6.49. The summed E-state index contributed by atoms with van der Waals surface area (Å²) in [6.45, 7) is 2.91. The molecule has 2 aromatic rings. The second-order valence-electron chi connectivity index (χ2n) is 4.84. The van der Waals surface area contributed by atoms with E-state index >= 15 is 0 Å². The highest BCUT2D eigenvalue weighted by Crippen LogP contribution is 2.05. The van der Waals surface area contributed by atoms with E-state index in [4.69, 9.17) is 0 Å². The van der Waals surface area contributed by atoms with Crippen molar-refractivity contribution >= 4 is 11.7 Å². The minimum absolute atomic E-state index is 0. The fourth-order valence-electron chi connectivity index (χ4n) is 1.91. The van der Waals surface area contributed by atoms with E-state index in [2.05, 4.69) is 14.9 Å². The first kappa shape index (κ1) is 17.3. The fourth-order valence-corrected chi connectivity index (χ4v) is 1.91. The molecule has 0 aliphatic rings. The van der Waals surface area contributed by atoms with Crippen molar-refractivity contribution in [2.24, 2.45) is 0 Å². The van der Waals surface area contributed by atoms with Gasteiger partial charge in [0.2, 0.25) is 5.91 Å². The number of unbranched alkanes of at least 4 members (excludes halogenated alkanes) is 1. The Morgan fingerprint density at radius 1 is 1.19 bits per heavy atom. The lowest BCUT2D eigenvalue weighted by Gasteiger charge is -2.04. The van der Waals surface area contributed by atoms with Crippen molar-refractivity contribution in [2.45, 2.75) is 32.7 Å². The first-order valence-electron chi connectivity index (χ1n) is 6.90. The molecule has 0 bridgehead atoms. The number of carbonyl (C=O) groups is 1. The maximum absolute atomic E-state index is 11.8. The summed E-state index contributed by atoms with van der Waals surface area (Å²) in [5.74, 6) is 0.650. The van der Waals surface area contributed by atoms with Crippen molar-refractivity contribution in [1.82, 2.24) is 4.98 Å². The minimum Gasteiger partial charge on any atom is -1.00 e. The van der Waals surface area contributed by atoms with Gasteiger partial charge >= 0.3 is 0 Å². The van der Waals surface area contributed by atoms with Crippen molar-refractivity contribution in [1.29, 1.82) is 0 Å². The Morgan fingerprint density at radius 2 is 1.95 bits per heavy atom. The van der Waals surface area contributed by atoms with Gasteiger partial charge in [-0.2, -0.15) is 0 Å². The first-order chi connectivity index (χ1) is 9.74. The van der Waals surface area contributed by atoms with Crippen LogP contribution < -0.4 is 26.9 Å². The number of rotatable bonds is 6. The molecule has 0 spiro atoms. The second kappa shape index (κ2) is 9.23. The summed E-state index contributed by atoms with van der Waals surface area (Å²) < 4.78 is 2.12. The van der Waals surface area contributed by atoms with Crippen LogP contribution in [0.25, 0.3) is 0 Å². The maximum Gasteiger partial charge on any atom is 0.225 e. The predicted molar refractivity (Wildman–Crippen MR) is 78.1 cm³/mol. The summed E-state index contributed by atoms with van der Waals surface area (Å²) in [6.07, 6.45) is 8.22. The lowest BCUT2D eigenvalue weighted by Crippen LogP contribution is -3.00. The van der Waals surface area contributed by atoms with Gasteiger partial charge in [0, 0.05) is 31.2 Å². The lowest BCUT2D eigenvalue weighted by atomic mass is 10.2. The van der Waals surface area contributed by atoms with Gasteiger partial charge in [0.15, 0.2) is 12.4 Å². The number of nitrogens with zero attached hydrogens (tertiary/aromatic N) is 2. The van der Waals surface area contributed by atoms with E-state index in [-0.39, 0.29) is 22.9 Å². The van der Waals surface area contributed by atoms with Crippen LogP contribution >= 0.6 is 0 Å². The molecular weight excluding hydrogens is 330 g/mol. The normalized spacial score (nSPS) is 9.76. The molecule has 2 aromatic heterocycles. The molecule has 0 radical (unpaired) electrons. The largest absolute Gasteiger partial charge is 1.00 e. The van der Waals surface area contributed by atoms with E-state index in [1.807, 2.05) is 49.6 Å². The summed E-state index contributed by atoms with van der Waals surface area (Å²) in [5.41, 5.74) is 1.09. The zero-order valence-corrected chi connectivity index (χ0v) is 13.7. The smallest absolute Gasteiger partial charge is 0.225 e. The number of hydrogen-bond acceptors (Lipinski definition) is 2. The highest BCUT2D eigenvalue weighted by molar-refractivity contribution is 5.89. The monoisotopic (exact) mass is 349 g/mol. The van der Waals surface area contributed by atoms with Crippen LogP contribution in [0.1, 0.15) is 24.8 Å². The molecular formula is C16H20BrN3O. The number of hydrogen-bond donors (Lipinski definition) is 1. The number of amides is 1. The Bertz CT molecular complexity index is 543. The van der Waals surface area contributed by atoms with E-state index in [1.54, 1.807) is 6.20 Å². The number of aryl methyl sites for hydroxylation is 2. The van der Waals surface area contributed by atoms with Gasteiger partial charge in [-0.15, -0.1) is 0 Å². The Labute approximate surface area is 136 Å². The van der Waals surface area contributed by atoms with Crippen molar-refractivity contribution < 1.29 is 26.3 Å². The third-order valence-corrected chi connectivity index (χ3v) is 3.03.